The summed E-state index contributed by atoms with van der Waals surface area (Å²) in [5.74, 6) is 0.211. The predicted octanol–water partition coefficient (Wildman–Crippen LogP) is 4.82. The first-order valence-corrected chi connectivity index (χ1v) is 10.8. The van der Waals surface area contributed by atoms with E-state index in [0.717, 1.165) is 31.5 Å². The van der Waals surface area contributed by atoms with Crippen LogP contribution in [0.25, 0.3) is 0 Å². The molecule has 1 saturated heterocycles. The fourth-order valence-corrected chi connectivity index (χ4v) is 3.78. The maximum Gasteiger partial charge on any atom is 0.318 e. The lowest BCUT2D eigenvalue weighted by molar-refractivity contribution is 0.0930. The molecular formula is C23H25ClN4O2. The van der Waals surface area contributed by atoms with E-state index >= 15 is 0 Å². The number of amides is 1. The highest BCUT2D eigenvalue weighted by Gasteiger charge is 2.24. The van der Waals surface area contributed by atoms with Crippen molar-refractivity contribution >= 4 is 23.5 Å². The van der Waals surface area contributed by atoms with E-state index in [1.165, 1.54) is 12.8 Å². The van der Waals surface area contributed by atoms with Gasteiger partial charge in [0.25, 0.3) is 5.91 Å². The topological polar surface area (TPSA) is 71.3 Å². The summed E-state index contributed by atoms with van der Waals surface area (Å²) < 4.78 is 6.04. The number of rotatable bonds is 6. The summed E-state index contributed by atoms with van der Waals surface area (Å²) in [7, 11) is 0. The summed E-state index contributed by atoms with van der Waals surface area (Å²) in [6.07, 6.45) is 5.26. The Morgan fingerprint density at radius 2 is 1.70 bits per heavy atom. The zero-order valence-corrected chi connectivity index (χ0v) is 17.5. The minimum absolute atomic E-state index is 0.206. The second-order valence-electron chi connectivity index (χ2n) is 7.55. The van der Waals surface area contributed by atoms with Crippen LogP contribution in [0.2, 0.25) is 5.02 Å². The molecule has 1 aromatic heterocycles. The van der Waals surface area contributed by atoms with Crippen molar-refractivity contribution in [3.05, 3.63) is 76.6 Å². The van der Waals surface area contributed by atoms with Crippen LogP contribution in [0.4, 0.5) is 6.01 Å². The number of carbonyl (C=O) groups excluding carboxylic acids is 1. The van der Waals surface area contributed by atoms with E-state index in [-0.39, 0.29) is 5.91 Å². The third-order valence-electron chi connectivity index (χ3n) is 5.30. The van der Waals surface area contributed by atoms with E-state index in [4.69, 9.17) is 16.0 Å². The molecule has 1 amide bonds. The minimum atomic E-state index is -0.427. The summed E-state index contributed by atoms with van der Waals surface area (Å²) >= 11 is 5.94. The van der Waals surface area contributed by atoms with E-state index in [9.17, 15) is 4.79 Å². The normalized spacial score (nSPS) is 15.4. The van der Waals surface area contributed by atoms with Crippen LogP contribution in [-0.2, 0) is 6.42 Å². The van der Waals surface area contributed by atoms with Gasteiger partial charge in [-0.1, -0.05) is 59.9 Å². The molecule has 1 fully saturated rings. The second kappa shape index (κ2) is 9.76. The van der Waals surface area contributed by atoms with Crippen LogP contribution in [0.1, 0.15) is 53.5 Å². The van der Waals surface area contributed by atoms with Crippen LogP contribution in [0.5, 0.6) is 0 Å². The maximum absolute atomic E-state index is 12.8. The quantitative estimate of drug-likeness (QED) is 0.614. The monoisotopic (exact) mass is 424 g/mol. The first-order chi connectivity index (χ1) is 14.7. The largest absolute Gasteiger partial charge is 0.406 e. The van der Waals surface area contributed by atoms with E-state index in [1.807, 2.05) is 30.3 Å². The molecule has 1 aliphatic heterocycles. The second-order valence-corrected chi connectivity index (χ2v) is 7.98. The van der Waals surface area contributed by atoms with Gasteiger partial charge in [-0.3, -0.25) is 4.79 Å². The Bertz CT molecular complexity index is 951. The molecule has 0 saturated carbocycles. The van der Waals surface area contributed by atoms with Crippen LogP contribution >= 0.6 is 11.6 Å². The Hall–Kier alpha value is -2.86. The molecular weight excluding hydrogens is 400 g/mol. The van der Waals surface area contributed by atoms with Crippen molar-refractivity contribution in [1.29, 1.82) is 0 Å². The van der Waals surface area contributed by atoms with Crippen molar-refractivity contribution in [3.8, 4) is 0 Å². The van der Waals surface area contributed by atoms with Crippen LogP contribution in [0, 0.1) is 0 Å². The van der Waals surface area contributed by atoms with Gasteiger partial charge in [0.2, 0.25) is 5.89 Å². The number of nitrogens with zero attached hydrogens (tertiary/aromatic N) is 3. The zero-order valence-electron chi connectivity index (χ0n) is 16.8. The molecule has 3 aromatic rings. The van der Waals surface area contributed by atoms with Crippen molar-refractivity contribution in [1.82, 2.24) is 15.5 Å². The highest BCUT2D eigenvalue weighted by atomic mass is 35.5. The van der Waals surface area contributed by atoms with Crippen LogP contribution in [0.15, 0.2) is 59.0 Å². The van der Waals surface area contributed by atoms with Crippen LogP contribution in [0.3, 0.4) is 0 Å². The molecule has 4 rings (SSSR count). The molecule has 0 aliphatic carbocycles. The number of anilines is 1. The molecule has 7 heteroatoms. The molecule has 0 spiro atoms. The first kappa shape index (κ1) is 20.4. The SMILES string of the molecule is O=C(N[C@H](Cc1ccccc1)c1nnc(N2CCCCCC2)o1)c1ccc(Cl)cc1. The van der Waals surface area contributed by atoms with Gasteiger partial charge in [-0.2, -0.15) is 0 Å². The lowest BCUT2D eigenvalue weighted by atomic mass is 10.1. The smallest absolute Gasteiger partial charge is 0.318 e. The van der Waals surface area contributed by atoms with Crippen molar-refractivity contribution in [2.45, 2.75) is 38.1 Å². The summed E-state index contributed by atoms with van der Waals surface area (Å²) in [4.78, 5) is 15.0. The molecule has 30 heavy (non-hydrogen) atoms. The molecule has 2 heterocycles. The average Bonchev–Trinajstić information content (AvgIpc) is 3.10. The zero-order chi connectivity index (χ0) is 20.8. The average molecular weight is 425 g/mol. The number of benzene rings is 2. The molecule has 1 atom stereocenters. The van der Waals surface area contributed by atoms with Gasteiger partial charge in [0, 0.05) is 30.1 Å². The van der Waals surface area contributed by atoms with Crippen molar-refractivity contribution in [2.75, 3.05) is 18.0 Å². The fraction of sp³-hybridized carbons (Fsp3) is 0.348. The number of nitrogens with one attached hydrogen (secondary N) is 1. The first-order valence-electron chi connectivity index (χ1n) is 10.4. The Morgan fingerprint density at radius 3 is 2.40 bits per heavy atom. The van der Waals surface area contributed by atoms with Gasteiger partial charge in [0.15, 0.2) is 0 Å². The van der Waals surface area contributed by atoms with Gasteiger partial charge in [-0.15, -0.1) is 5.10 Å². The molecule has 0 bridgehead atoms. The standard InChI is InChI=1S/C23H25ClN4O2/c24-19-12-10-18(11-13-19)21(29)25-20(16-17-8-4-3-5-9-17)22-26-27-23(30-22)28-14-6-1-2-7-15-28/h3-5,8-13,20H,1-2,6-7,14-16H2,(H,25,29)/t20-/m1/s1. The Morgan fingerprint density at radius 1 is 1.00 bits per heavy atom. The van der Waals surface area contributed by atoms with Gasteiger partial charge in [-0.25, -0.2) is 0 Å². The van der Waals surface area contributed by atoms with Gasteiger partial charge in [0.1, 0.15) is 6.04 Å². The van der Waals surface area contributed by atoms with E-state index < -0.39 is 6.04 Å². The Kier molecular flexibility index (Phi) is 6.64. The molecule has 156 valence electrons. The van der Waals surface area contributed by atoms with Crippen molar-refractivity contribution in [2.24, 2.45) is 0 Å². The van der Waals surface area contributed by atoms with Gasteiger partial charge < -0.3 is 14.6 Å². The summed E-state index contributed by atoms with van der Waals surface area (Å²) in [6, 6.07) is 16.9. The van der Waals surface area contributed by atoms with E-state index in [0.29, 0.717) is 28.9 Å². The summed E-state index contributed by atoms with van der Waals surface area (Å²) in [5.41, 5.74) is 1.61. The lowest BCUT2D eigenvalue weighted by Crippen LogP contribution is -2.30. The summed E-state index contributed by atoms with van der Waals surface area (Å²) in [6.45, 7) is 1.84. The van der Waals surface area contributed by atoms with Gasteiger partial charge in [-0.05, 0) is 42.7 Å². The predicted molar refractivity (Wildman–Crippen MR) is 117 cm³/mol. The highest BCUT2D eigenvalue weighted by molar-refractivity contribution is 6.30. The molecule has 6 nitrogen and oxygen atoms in total. The number of aromatic nitrogens is 2. The maximum atomic E-state index is 12.8. The van der Waals surface area contributed by atoms with E-state index in [2.05, 4.69) is 20.4 Å². The molecule has 2 aromatic carbocycles. The summed E-state index contributed by atoms with van der Waals surface area (Å²) in [5, 5.41) is 12.2. The Balaban J connectivity index is 1.55. The third-order valence-corrected chi connectivity index (χ3v) is 5.55. The third kappa shape index (κ3) is 5.19. The Labute approximate surface area is 181 Å². The number of halogens is 1. The van der Waals surface area contributed by atoms with E-state index in [1.54, 1.807) is 24.3 Å². The number of carbonyl (C=O) groups is 1. The lowest BCUT2D eigenvalue weighted by Gasteiger charge is -2.18. The fourth-order valence-electron chi connectivity index (χ4n) is 3.65. The van der Waals surface area contributed by atoms with Gasteiger partial charge in [0.05, 0.1) is 0 Å². The van der Waals surface area contributed by atoms with Crippen LogP contribution in [-0.4, -0.2) is 29.2 Å². The van der Waals surface area contributed by atoms with Gasteiger partial charge >= 0.3 is 6.01 Å². The molecule has 0 unspecified atom stereocenters. The number of hydrogen-bond donors (Lipinski definition) is 1. The molecule has 1 aliphatic rings. The molecule has 0 radical (unpaired) electrons. The van der Waals surface area contributed by atoms with Crippen molar-refractivity contribution in [3.63, 3.8) is 0 Å². The number of hydrogen-bond acceptors (Lipinski definition) is 5. The van der Waals surface area contributed by atoms with Crippen LogP contribution < -0.4 is 10.2 Å². The van der Waals surface area contributed by atoms with Crippen molar-refractivity contribution < 1.29 is 9.21 Å². The minimum Gasteiger partial charge on any atom is -0.406 e. The molecule has 1 N–H and O–H groups in total. The highest BCUT2D eigenvalue weighted by Crippen LogP contribution is 2.24.